The molecule has 0 aromatic heterocycles. The molecule has 0 aliphatic carbocycles. The van der Waals surface area contributed by atoms with Crippen LogP contribution in [0.2, 0.25) is 0 Å². The Hall–Kier alpha value is -1.11. The van der Waals surface area contributed by atoms with Crippen LogP contribution in [0.25, 0.3) is 0 Å². The molecule has 16 heavy (non-hydrogen) atoms. The Labute approximate surface area is 90.8 Å². The topological polar surface area (TPSA) is 41.5 Å². The van der Waals surface area contributed by atoms with E-state index < -0.39 is 18.8 Å². The van der Waals surface area contributed by atoms with Gasteiger partial charge in [0.15, 0.2) is 6.10 Å². The van der Waals surface area contributed by atoms with Gasteiger partial charge in [-0.2, -0.15) is 18.7 Å². The predicted molar refractivity (Wildman–Crippen MR) is 51.3 cm³/mol. The summed E-state index contributed by atoms with van der Waals surface area (Å²) in [4.78, 5) is 4.78. The fraction of sp³-hybridized carbons (Fsp3) is 0.400. The Morgan fingerprint density at radius 2 is 1.88 bits per heavy atom. The van der Waals surface area contributed by atoms with Crippen LogP contribution in [0.15, 0.2) is 30.3 Å². The molecule has 1 rings (SSSR count). The van der Waals surface area contributed by atoms with Gasteiger partial charge < -0.3 is 5.11 Å². The molecular weight excluding hydrogens is 223 g/mol. The van der Waals surface area contributed by atoms with Gasteiger partial charge in [0.05, 0.1) is 13.2 Å². The van der Waals surface area contributed by atoms with Gasteiger partial charge in [0.1, 0.15) is 0 Å². The maximum atomic E-state index is 11.9. The molecule has 0 saturated carbocycles. The summed E-state index contributed by atoms with van der Waals surface area (Å²) < 4.78 is 35.6. The van der Waals surface area contributed by atoms with Crippen LogP contribution < -0.4 is 5.48 Å². The molecule has 1 atom stereocenters. The molecule has 0 spiro atoms. The van der Waals surface area contributed by atoms with Gasteiger partial charge in [0, 0.05) is 0 Å². The summed E-state index contributed by atoms with van der Waals surface area (Å²) in [6.45, 7) is -0.540. The number of hydrogen-bond acceptors (Lipinski definition) is 3. The first kappa shape index (κ1) is 13.0. The summed E-state index contributed by atoms with van der Waals surface area (Å²) in [7, 11) is 0. The van der Waals surface area contributed by atoms with Crippen molar-refractivity contribution in [3.05, 3.63) is 35.9 Å². The van der Waals surface area contributed by atoms with Crippen molar-refractivity contribution in [2.75, 3.05) is 6.54 Å². The minimum Gasteiger partial charge on any atom is -0.382 e. The smallest absolute Gasteiger partial charge is 0.382 e. The number of benzene rings is 1. The van der Waals surface area contributed by atoms with E-state index in [4.69, 9.17) is 9.94 Å². The average molecular weight is 235 g/mol. The lowest BCUT2D eigenvalue weighted by Crippen LogP contribution is -2.38. The quantitative estimate of drug-likeness (QED) is 0.602. The van der Waals surface area contributed by atoms with Gasteiger partial charge >= 0.3 is 6.18 Å². The molecule has 0 fully saturated rings. The number of nitrogens with one attached hydrogen (secondary N) is 1. The summed E-state index contributed by atoms with van der Waals surface area (Å²) in [6.07, 6.45) is -7.04. The maximum absolute atomic E-state index is 11.9. The van der Waals surface area contributed by atoms with Crippen LogP contribution in [-0.2, 0) is 11.4 Å². The Kier molecular flexibility index (Phi) is 4.72. The third-order valence-corrected chi connectivity index (χ3v) is 1.84. The number of aliphatic hydroxyl groups excluding tert-OH is 1. The molecule has 0 aliphatic heterocycles. The van der Waals surface area contributed by atoms with Crippen LogP contribution in [0.1, 0.15) is 5.56 Å². The normalized spacial score (nSPS) is 13.8. The molecule has 1 aromatic carbocycles. The Morgan fingerprint density at radius 3 is 2.44 bits per heavy atom. The largest absolute Gasteiger partial charge is 0.415 e. The fourth-order valence-electron chi connectivity index (χ4n) is 0.962. The monoisotopic (exact) mass is 235 g/mol. The van der Waals surface area contributed by atoms with Gasteiger partial charge in [0.25, 0.3) is 0 Å². The van der Waals surface area contributed by atoms with Crippen LogP contribution in [0.3, 0.4) is 0 Å². The third kappa shape index (κ3) is 4.61. The zero-order chi connectivity index (χ0) is 12.0. The van der Waals surface area contributed by atoms with Crippen LogP contribution >= 0.6 is 0 Å². The number of hydrogen-bond donors (Lipinski definition) is 2. The van der Waals surface area contributed by atoms with Crippen molar-refractivity contribution in [1.82, 2.24) is 5.48 Å². The lowest BCUT2D eigenvalue weighted by molar-refractivity contribution is -0.208. The number of aliphatic hydroxyl groups is 1. The predicted octanol–water partition coefficient (Wildman–Crippen LogP) is 1.63. The number of hydroxylamine groups is 1. The SMILES string of the molecule is OC(CNOCc1ccccc1)C(F)(F)F. The summed E-state index contributed by atoms with van der Waals surface area (Å²) in [5.41, 5.74) is 2.90. The van der Waals surface area contributed by atoms with Gasteiger partial charge in [0.2, 0.25) is 0 Å². The molecule has 0 radical (unpaired) electrons. The lowest BCUT2D eigenvalue weighted by Gasteiger charge is -2.14. The van der Waals surface area contributed by atoms with Crippen molar-refractivity contribution >= 4 is 0 Å². The first-order valence-electron chi connectivity index (χ1n) is 4.63. The van der Waals surface area contributed by atoms with Gasteiger partial charge in [-0.15, -0.1) is 0 Å². The molecule has 2 N–H and O–H groups in total. The summed E-state index contributed by atoms with van der Waals surface area (Å²) >= 11 is 0. The van der Waals surface area contributed by atoms with Crippen molar-refractivity contribution in [1.29, 1.82) is 0 Å². The van der Waals surface area contributed by atoms with Crippen LogP contribution in [0.5, 0.6) is 0 Å². The van der Waals surface area contributed by atoms with Crippen LogP contribution in [0, 0.1) is 0 Å². The Balaban J connectivity index is 2.18. The molecule has 0 heterocycles. The number of alkyl halides is 3. The highest BCUT2D eigenvalue weighted by Gasteiger charge is 2.37. The average Bonchev–Trinajstić information content (AvgIpc) is 2.24. The molecule has 90 valence electrons. The van der Waals surface area contributed by atoms with Crippen molar-refractivity contribution in [3.8, 4) is 0 Å². The summed E-state index contributed by atoms with van der Waals surface area (Å²) in [5, 5.41) is 8.62. The van der Waals surface area contributed by atoms with E-state index in [9.17, 15) is 13.2 Å². The van der Waals surface area contributed by atoms with Crippen LogP contribution in [-0.4, -0.2) is 23.9 Å². The second-order valence-corrected chi connectivity index (χ2v) is 3.18. The number of halogens is 3. The van der Waals surface area contributed by atoms with E-state index in [0.717, 1.165) is 5.56 Å². The zero-order valence-corrected chi connectivity index (χ0v) is 8.37. The van der Waals surface area contributed by atoms with E-state index in [2.05, 4.69) is 5.48 Å². The van der Waals surface area contributed by atoms with Gasteiger partial charge in [-0.05, 0) is 5.56 Å². The lowest BCUT2D eigenvalue weighted by atomic mass is 10.2. The second-order valence-electron chi connectivity index (χ2n) is 3.18. The molecule has 0 saturated heterocycles. The molecule has 6 heteroatoms. The van der Waals surface area contributed by atoms with Crippen molar-refractivity contribution < 1.29 is 23.1 Å². The minimum atomic E-state index is -4.62. The minimum absolute atomic E-state index is 0.144. The molecular formula is C10H12F3NO2. The Bertz CT molecular complexity index is 303. The second kappa shape index (κ2) is 5.83. The highest BCUT2D eigenvalue weighted by molar-refractivity contribution is 5.13. The molecule has 0 amide bonds. The fourth-order valence-corrected chi connectivity index (χ4v) is 0.962. The third-order valence-electron chi connectivity index (χ3n) is 1.84. The number of rotatable bonds is 5. The van der Waals surface area contributed by atoms with Crippen molar-refractivity contribution in [2.24, 2.45) is 0 Å². The van der Waals surface area contributed by atoms with E-state index in [1.165, 1.54) is 0 Å². The molecule has 0 aliphatic rings. The molecule has 0 bridgehead atoms. The molecule has 1 unspecified atom stereocenters. The Morgan fingerprint density at radius 1 is 1.25 bits per heavy atom. The zero-order valence-electron chi connectivity index (χ0n) is 8.37. The van der Waals surface area contributed by atoms with E-state index in [1.54, 1.807) is 24.3 Å². The summed E-state index contributed by atoms with van der Waals surface area (Å²) in [6, 6.07) is 8.97. The van der Waals surface area contributed by atoms with Gasteiger partial charge in [-0.3, -0.25) is 4.84 Å². The van der Waals surface area contributed by atoms with E-state index in [1.807, 2.05) is 6.07 Å². The van der Waals surface area contributed by atoms with Gasteiger partial charge in [-0.25, -0.2) is 0 Å². The standard InChI is InChI=1S/C10H12F3NO2/c11-10(12,13)9(15)6-14-16-7-8-4-2-1-3-5-8/h1-5,9,14-15H,6-7H2. The van der Waals surface area contributed by atoms with E-state index >= 15 is 0 Å². The van der Waals surface area contributed by atoms with Crippen molar-refractivity contribution in [3.63, 3.8) is 0 Å². The van der Waals surface area contributed by atoms with Crippen molar-refractivity contribution in [2.45, 2.75) is 18.9 Å². The van der Waals surface area contributed by atoms with E-state index in [0.29, 0.717) is 0 Å². The highest BCUT2D eigenvalue weighted by Crippen LogP contribution is 2.19. The molecule has 1 aromatic rings. The first-order chi connectivity index (χ1) is 7.50. The summed E-state index contributed by atoms with van der Waals surface area (Å²) in [5.74, 6) is 0. The molecule has 3 nitrogen and oxygen atoms in total. The van der Waals surface area contributed by atoms with E-state index in [-0.39, 0.29) is 6.61 Å². The van der Waals surface area contributed by atoms with Gasteiger partial charge in [-0.1, -0.05) is 30.3 Å². The highest BCUT2D eigenvalue weighted by atomic mass is 19.4. The van der Waals surface area contributed by atoms with Crippen LogP contribution in [0.4, 0.5) is 13.2 Å². The maximum Gasteiger partial charge on any atom is 0.415 e. The first-order valence-corrected chi connectivity index (χ1v) is 4.63.